The van der Waals surface area contributed by atoms with E-state index in [1.165, 1.54) is 20.9 Å². The summed E-state index contributed by atoms with van der Waals surface area (Å²) in [5.41, 5.74) is 0.988. The molecule has 172 valence electrons. The first kappa shape index (κ1) is 21.3. The van der Waals surface area contributed by atoms with E-state index < -0.39 is 0 Å². The van der Waals surface area contributed by atoms with E-state index >= 15 is 0 Å². The third kappa shape index (κ3) is 4.19. The van der Waals surface area contributed by atoms with Crippen LogP contribution in [0, 0.1) is 0 Å². The molecule has 0 spiro atoms. The van der Waals surface area contributed by atoms with Gasteiger partial charge in [0.25, 0.3) is 0 Å². The van der Waals surface area contributed by atoms with Crippen molar-refractivity contribution in [3.8, 4) is 5.88 Å². The number of hydrogen-bond donors (Lipinski definition) is 0. The van der Waals surface area contributed by atoms with Gasteiger partial charge in [0, 0.05) is 42.3 Å². The second kappa shape index (κ2) is 9.57. The molecular weight excluding hydrogens is 440 g/mol. The highest BCUT2D eigenvalue weighted by molar-refractivity contribution is 7.13. The Kier molecular flexibility index (Phi) is 6.00. The molecule has 0 saturated carbocycles. The molecule has 1 aliphatic heterocycles. The summed E-state index contributed by atoms with van der Waals surface area (Å²) >= 11 is 1.60. The van der Waals surface area contributed by atoms with E-state index in [4.69, 9.17) is 14.1 Å². The van der Waals surface area contributed by atoms with Crippen molar-refractivity contribution >= 4 is 49.1 Å². The lowest BCUT2D eigenvalue weighted by atomic mass is 10.1. The first-order valence-electron chi connectivity index (χ1n) is 12.1. The van der Waals surface area contributed by atoms with Crippen molar-refractivity contribution < 1.29 is 4.74 Å². The number of para-hydroxylation sites is 1. The fraction of sp³-hybridized carbons (Fsp3) is 0.286. The largest absolute Gasteiger partial charge is 0.477 e. The van der Waals surface area contributed by atoms with Gasteiger partial charge in [-0.05, 0) is 60.6 Å². The lowest BCUT2D eigenvalue weighted by Gasteiger charge is -2.35. The fourth-order valence-electron chi connectivity index (χ4n) is 4.87. The fourth-order valence-corrected chi connectivity index (χ4v) is 5.67. The molecule has 0 bridgehead atoms. The summed E-state index contributed by atoms with van der Waals surface area (Å²) in [4.78, 5) is 9.81. The molecule has 0 atom stereocenters. The average Bonchev–Trinajstić information content (AvgIpc) is 3.33. The van der Waals surface area contributed by atoms with Crippen LogP contribution in [0.15, 0.2) is 72.8 Å². The summed E-state index contributed by atoms with van der Waals surface area (Å²) in [5, 5.41) is 4.75. The van der Waals surface area contributed by atoms with E-state index in [2.05, 4.69) is 76.5 Å². The van der Waals surface area contributed by atoms with Gasteiger partial charge >= 0.3 is 0 Å². The van der Waals surface area contributed by atoms with Crippen molar-refractivity contribution in [2.75, 3.05) is 44.2 Å². The molecular formula is C28H28N4OS. The molecule has 0 aliphatic carbocycles. The number of hydrogen-bond acceptors (Lipinski definition) is 6. The molecule has 0 unspecified atom stereocenters. The average molecular weight is 469 g/mol. The molecule has 0 radical (unpaired) electrons. The Labute approximate surface area is 203 Å². The molecule has 1 saturated heterocycles. The van der Waals surface area contributed by atoms with Gasteiger partial charge in [0.2, 0.25) is 5.88 Å². The first-order chi connectivity index (χ1) is 16.9. The van der Waals surface area contributed by atoms with Gasteiger partial charge in [-0.2, -0.15) is 4.37 Å². The van der Waals surface area contributed by atoms with Crippen LogP contribution >= 0.6 is 11.5 Å². The summed E-state index contributed by atoms with van der Waals surface area (Å²) in [6, 6.07) is 25.2. The molecule has 2 aromatic heterocycles. The van der Waals surface area contributed by atoms with Crippen LogP contribution in [0.5, 0.6) is 5.88 Å². The van der Waals surface area contributed by atoms with Crippen LogP contribution in [0.2, 0.25) is 0 Å². The number of anilines is 1. The zero-order valence-corrected chi connectivity index (χ0v) is 20.0. The maximum absolute atomic E-state index is 6.18. The molecule has 5 aromatic rings. The third-order valence-electron chi connectivity index (χ3n) is 6.71. The second-order valence-corrected chi connectivity index (χ2v) is 9.67. The van der Waals surface area contributed by atoms with E-state index in [1.807, 2.05) is 6.07 Å². The Morgan fingerprint density at radius 2 is 1.44 bits per heavy atom. The van der Waals surface area contributed by atoms with Crippen molar-refractivity contribution in [2.24, 2.45) is 0 Å². The Bertz CT molecular complexity index is 1420. The highest BCUT2D eigenvalue weighted by Crippen LogP contribution is 2.31. The molecule has 3 aromatic carbocycles. The van der Waals surface area contributed by atoms with Crippen LogP contribution in [0.1, 0.15) is 12.8 Å². The molecule has 6 heteroatoms. The number of nitrogens with zero attached hydrogens (tertiary/aromatic N) is 4. The molecule has 0 amide bonds. The van der Waals surface area contributed by atoms with Gasteiger partial charge < -0.3 is 9.64 Å². The zero-order chi connectivity index (χ0) is 22.7. The topological polar surface area (TPSA) is 41.5 Å². The number of rotatable bonds is 7. The third-order valence-corrected chi connectivity index (χ3v) is 7.53. The zero-order valence-electron chi connectivity index (χ0n) is 19.2. The standard InChI is InChI=1S/C28H28N4OS/c1-2-11-23-21(9-1)22-10-3-5-13-25(22)29-28(23)33-20-8-7-15-31-16-18-32(19-17-31)27-24-12-4-6-14-26(24)34-30-27/h1-6,9-14H,7-8,15-20H2. The highest BCUT2D eigenvalue weighted by Gasteiger charge is 2.20. The van der Waals surface area contributed by atoms with E-state index in [-0.39, 0.29) is 0 Å². The van der Waals surface area contributed by atoms with E-state index in [0.717, 1.165) is 68.2 Å². The lowest BCUT2D eigenvalue weighted by Crippen LogP contribution is -2.46. The molecule has 3 heterocycles. The molecule has 5 nitrogen and oxygen atoms in total. The minimum atomic E-state index is 0.695. The van der Waals surface area contributed by atoms with Gasteiger partial charge in [-0.3, -0.25) is 4.90 Å². The van der Waals surface area contributed by atoms with Crippen molar-refractivity contribution in [3.05, 3.63) is 72.8 Å². The predicted octanol–water partition coefficient (Wildman–Crippen LogP) is 5.98. The molecule has 1 aliphatic rings. The summed E-state index contributed by atoms with van der Waals surface area (Å²) < 4.78 is 12.2. The number of aromatic nitrogens is 2. The molecule has 1 fully saturated rings. The van der Waals surface area contributed by atoms with E-state index in [0.29, 0.717) is 6.61 Å². The van der Waals surface area contributed by atoms with Crippen LogP contribution in [-0.2, 0) is 0 Å². The molecule has 34 heavy (non-hydrogen) atoms. The van der Waals surface area contributed by atoms with Gasteiger partial charge in [0.1, 0.15) is 5.82 Å². The van der Waals surface area contributed by atoms with Gasteiger partial charge in [-0.25, -0.2) is 4.98 Å². The highest BCUT2D eigenvalue weighted by atomic mass is 32.1. The van der Waals surface area contributed by atoms with Crippen LogP contribution in [0.4, 0.5) is 5.82 Å². The van der Waals surface area contributed by atoms with Crippen LogP contribution < -0.4 is 9.64 Å². The number of fused-ring (bicyclic) bond motifs is 4. The molecule has 6 rings (SSSR count). The maximum Gasteiger partial charge on any atom is 0.221 e. The van der Waals surface area contributed by atoms with Gasteiger partial charge in [-0.1, -0.05) is 48.5 Å². The SMILES string of the molecule is c1ccc2c(c1)nc(OCCCCN1CCN(c3nsc4ccccc34)CC1)c1ccccc12. The summed E-state index contributed by atoms with van der Waals surface area (Å²) in [7, 11) is 0. The van der Waals surface area contributed by atoms with Crippen LogP contribution in [0.3, 0.4) is 0 Å². The van der Waals surface area contributed by atoms with Crippen LogP contribution in [-0.4, -0.2) is 53.6 Å². The van der Waals surface area contributed by atoms with E-state index in [1.54, 1.807) is 11.5 Å². The quantitative estimate of drug-likeness (QED) is 0.217. The van der Waals surface area contributed by atoms with E-state index in [9.17, 15) is 0 Å². The Morgan fingerprint density at radius 3 is 2.29 bits per heavy atom. The summed E-state index contributed by atoms with van der Waals surface area (Å²) in [5.74, 6) is 1.90. The Morgan fingerprint density at radius 1 is 0.735 bits per heavy atom. The number of unbranched alkanes of at least 4 members (excludes halogenated alkanes) is 1. The first-order valence-corrected chi connectivity index (χ1v) is 12.9. The Hall–Kier alpha value is -3.22. The van der Waals surface area contributed by atoms with Crippen molar-refractivity contribution in [2.45, 2.75) is 12.8 Å². The van der Waals surface area contributed by atoms with Gasteiger partial charge in [0.05, 0.1) is 16.8 Å². The summed E-state index contributed by atoms with van der Waals surface area (Å²) in [6.07, 6.45) is 2.16. The second-order valence-electron chi connectivity index (χ2n) is 8.87. The van der Waals surface area contributed by atoms with Crippen molar-refractivity contribution in [1.82, 2.24) is 14.3 Å². The van der Waals surface area contributed by atoms with Gasteiger partial charge in [0.15, 0.2) is 0 Å². The minimum Gasteiger partial charge on any atom is -0.477 e. The number of ether oxygens (including phenoxy) is 1. The van der Waals surface area contributed by atoms with Crippen molar-refractivity contribution in [1.29, 1.82) is 0 Å². The minimum absolute atomic E-state index is 0.695. The number of pyridine rings is 1. The summed E-state index contributed by atoms with van der Waals surface area (Å²) in [6.45, 7) is 6.06. The maximum atomic E-state index is 6.18. The normalized spacial score (nSPS) is 14.9. The predicted molar refractivity (Wildman–Crippen MR) is 142 cm³/mol. The Balaban J connectivity index is 1.01. The monoisotopic (exact) mass is 468 g/mol. The van der Waals surface area contributed by atoms with Gasteiger partial charge in [-0.15, -0.1) is 0 Å². The number of benzene rings is 3. The smallest absolute Gasteiger partial charge is 0.221 e. The number of piperazine rings is 1. The lowest BCUT2D eigenvalue weighted by molar-refractivity contribution is 0.237. The molecule has 0 N–H and O–H groups in total. The van der Waals surface area contributed by atoms with Crippen LogP contribution in [0.25, 0.3) is 31.8 Å². The van der Waals surface area contributed by atoms with Crippen molar-refractivity contribution in [3.63, 3.8) is 0 Å².